The quantitative estimate of drug-likeness (QED) is 0.228. The van der Waals surface area contributed by atoms with Gasteiger partial charge in [-0.3, -0.25) is 10.1 Å². The van der Waals surface area contributed by atoms with Crippen LogP contribution in [-0.2, 0) is 0 Å². The molecule has 1 heterocycles. The largest absolute Gasteiger partial charge is 0.456 e. The van der Waals surface area contributed by atoms with Crippen molar-refractivity contribution in [1.29, 1.82) is 0 Å². The molecule has 0 amide bonds. The molecule has 0 unspecified atom stereocenters. The minimum atomic E-state index is -0.289. The maximum Gasteiger partial charge on any atom is 0.284 e. The Kier molecular flexibility index (Phi) is 3.44. The van der Waals surface area contributed by atoms with Crippen molar-refractivity contribution < 1.29 is 9.34 Å². The molecule has 1 aromatic heterocycles. The Balaban J connectivity index is 1.65. The summed E-state index contributed by atoms with van der Waals surface area (Å²) in [6.45, 7) is 0. The summed E-state index contributed by atoms with van der Waals surface area (Å²) in [6, 6.07) is 29.3. The molecule has 0 aliphatic rings. The standard InChI is InChI=1S/C26H15NO3/c28-27(29)26-20-8-4-3-5-16(20)9-11-21(26)19-10-12-24-22(14-19)23-13-17-6-1-2-7-18(17)15-25(23)30-24/h1-15H. The molecule has 0 bridgehead atoms. The molecular formula is C26H15NO3. The van der Waals surface area contributed by atoms with Gasteiger partial charge in [-0.2, -0.15) is 0 Å². The molecule has 0 N–H and O–H groups in total. The second-order valence-electron chi connectivity index (χ2n) is 7.45. The molecule has 0 radical (unpaired) electrons. The number of furan rings is 1. The summed E-state index contributed by atoms with van der Waals surface area (Å²) in [4.78, 5) is 11.7. The number of fused-ring (bicyclic) bond motifs is 5. The Morgan fingerprint density at radius 2 is 1.33 bits per heavy atom. The van der Waals surface area contributed by atoms with E-state index in [1.165, 1.54) is 0 Å². The second-order valence-corrected chi connectivity index (χ2v) is 7.45. The van der Waals surface area contributed by atoms with E-state index in [9.17, 15) is 10.1 Å². The molecule has 142 valence electrons. The maximum atomic E-state index is 12.0. The van der Waals surface area contributed by atoms with E-state index in [1.807, 2.05) is 66.7 Å². The average molecular weight is 389 g/mol. The van der Waals surface area contributed by atoms with Crippen LogP contribution in [0.1, 0.15) is 0 Å². The van der Waals surface area contributed by atoms with Crippen LogP contribution < -0.4 is 0 Å². The van der Waals surface area contributed by atoms with Gasteiger partial charge in [0.25, 0.3) is 5.69 Å². The zero-order chi connectivity index (χ0) is 20.2. The molecule has 0 saturated carbocycles. The fourth-order valence-corrected chi connectivity index (χ4v) is 4.31. The summed E-state index contributed by atoms with van der Waals surface area (Å²) in [5.74, 6) is 0. The predicted octanol–water partition coefficient (Wildman–Crippen LogP) is 7.47. The third kappa shape index (κ3) is 2.40. The molecule has 0 fully saturated rings. The molecule has 5 aromatic carbocycles. The highest BCUT2D eigenvalue weighted by molar-refractivity contribution is 6.11. The highest BCUT2D eigenvalue weighted by atomic mass is 16.6. The summed E-state index contributed by atoms with van der Waals surface area (Å²) in [5.41, 5.74) is 3.12. The molecule has 6 aromatic rings. The summed E-state index contributed by atoms with van der Waals surface area (Å²) < 4.78 is 6.07. The highest BCUT2D eigenvalue weighted by Gasteiger charge is 2.20. The summed E-state index contributed by atoms with van der Waals surface area (Å²) >= 11 is 0. The van der Waals surface area contributed by atoms with E-state index >= 15 is 0 Å². The van der Waals surface area contributed by atoms with Gasteiger partial charge in [0.1, 0.15) is 11.2 Å². The molecule has 30 heavy (non-hydrogen) atoms. The maximum absolute atomic E-state index is 12.0. The Labute approximate surface area is 171 Å². The van der Waals surface area contributed by atoms with Crippen molar-refractivity contribution in [2.24, 2.45) is 0 Å². The Bertz CT molecular complexity index is 1630. The lowest BCUT2D eigenvalue weighted by Crippen LogP contribution is -1.93. The van der Waals surface area contributed by atoms with Gasteiger partial charge in [0.2, 0.25) is 0 Å². The van der Waals surface area contributed by atoms with Gasteiger partial charge < -0.3 is 4.42 Å². The minimum absolute atomic E-state index is 0.130. The van der Waals surface area contributed by atoms with Gasteiger partial charge in [0.05, 0.1) is 15.9 Å². The van der Waals surface area contributed by atoms with Gasteiger partial charge in [-0.1, -0.05) is 54.6 Å². The molecule has 0 atom stereocenters. The van der Waals surface area contributed by atoms with Crippen molar-refractivity contribution in [1.82, 2.24) is 0 Å². The van der Waals surface area contributed by atoms with Crippen molar-refractivity contribution in [3.63, 3.8) is 0 Å². The van der Waals surface area contributed by atoms with Crippen molar-refractivity contribution in [3.8, 4) is 11.1 Å². The van der Waals surface area contributed by atoms with Crippen LogP contribution >= 0.6 is 0 Å². The third-order valence-corrected chi connectivity index (χ3v) is 5.73. The lowest BCUT2D eigenvalue weighted by Gasteiger charge is -2.07. The number of rotatable bonds is 2. The number of nitrogens with zero attached hydrogens (tertiary/aromatic N) is 1. The topological polar surface area (TPSA) is 56.3 Å². The highest BCUT2D eigenvalue weighted by Crippen LogP contribution is 2.39. The van der Waals surface area contributed by atoms with E-state index in [-0.39, 0.29) is 10.6 Å². The minimum Gasteiger partial charge on any atom is -0.456 e. The summed E-state index contributed by atoms with van der Waals surface area (Å²) in [6.07, 6.45) is 0. The zero-order valence-electron chi connectivity index (χ0n) is 15.8. The van der Waals surface area contributed by atoms with E-state index in [1.54, 1.807) is 6.07 Å². The molecular weight excluding hydrogens is 374 g/mol. The Morgan fingerprint density at radius 1 is 0.633 bits per heavy atom. The lowest BCUT2D eigenvalue weighted by atomic mass is 9.97. The number of nitro groups is 1. The first kappa shape index (κ1) is 16.7. The van der Waals surface area contributed by atoms with Crippen LogP contribution in [0.3, 0.4) is 0 Å². The molecule has 0 saturated heterocycles. The van der Waals surface area contributed by atoms with E-state index in [4.69, 9.17) is 4.42 Å². The molecule has 0 aliphatic heterocycles. The van der Waals surface area contributed by atoms with E-state index in [0.29, 0.717) is 10.9 Å². The van der Waals surface area contributed by atoms with Gasteiger partial charge in [-0.25, -0.2) is 0 Å². The van der Waals surface area contributed by atoms with Crippen LogP contribution in [-0.4, -0.2) is 4.92 Å². The van der Waals surface area contributed by atoms with Gasteiger partial charge >= 0.3 is 0 Å². The second kappa shape index (κ2) is 6.16. The fraction of sp³-hybridized carbons (Fsp3) is 0. The van der Waals surface area contributed by atoms with Gasteiger partial charge in [-0.05, 0) is 58.1 Å². The average Bonchev–Trinajstić information content (AvgIpc) is 3.13. The summed E-state index contributed by atoms with van der Waals surface area (Å²) in [7, 11) is 0. The van der Waals surface area contributed by atoms with Crippen molar-refractivity contribution >= 4 is 49.2 Å². The van der Waals surface area contributed by atoms with Crippen molar-refractivity contribution in [3.05, 3.63) is 101 Å². The van der Waals surface area contributed by atoms with Crippen LogP contribution in [0.15, 0.2) is 95.4 Å². The molecule has 0 spiro atoms. The van der Waals surface area contributed by atoms with Crippen molar-refractivity contribution in [2.45, 2.75) is 0 Å². The first-order valence-corrected chi connectivity index (χ1v) is 9.71. The van der Waals surface area contributed by atoms with E-state index in [0.717, 1.165) is 43.7 Å². The lowest BCUT2D eigenvalue weighted by molar-refractivity contribution is -0.382. The first-order valence-electron chi connectivity index (χ1n) is 9.71. The smallest absolute Gasteiger partial charge is 0.284 e. The Hall–Kier alpha value is -4.18. The van der Waals surface area contributed by atoms with Crippen LogP contribution in [0.4, 0.5) is 5.69 Å². The third-order valence-electron chi connectivity index (χ3n) is 5.73. The number of hydrogen-bond donors (Lipinski definition) is 0. The van der Waals surface area contributed by atoms with Crippen LogP contribution in [0.5, 0.6) is 0 Å². The monoisotopic (exact) mass is 389 g/mol. The molecule has 0 aliphatic carbocycles. The SMILES string of the molecule is O=[N+]([O-])c1c(-c2ccc3oc4cc5ccccc5cc4c3c2)ccc2ccccc12. The van der Waals surface area contributed by atoms with Crippen LogP contribution in [0.2, 0.25) is 0 Å². The number of nitro benzene ring substituents is 1. The molecule has 6 rings (SSSR count). The van der Waals surface area contributed by atoms with Gasteiger partial charge in [0, 0.05) is 10.8 Å². The predicted molar refractivity (Wildman–Crippen MR) is 121 cm³/mol. The fourth-order valence-electron chi connectivity index (χ4n) is 4.31. The van der Waals surface area contributed by atoms with Gasteiger partial charge in [-0.15, -0.1) is 0 Å². The van der Waals surface area contributed by atoms with E-state index < -0.39 is 0 Å². The van der Waals surface area contributed by atoms with Crippen LogP contribution in [0.25, 0.3) is 54.6 Å². The number of benzene rings is 5. The zero-order valence-corrected chi connectivity index (χ0v) is 15.8. The summed E-state index contributed by atoms with van der Waals surface area (Å²) in [5, 5.41) is 17.7. The van der Waals surface area contributed by atoms with E-state index in [2.05, 4.69) is 18.2 Å². The Morgan fingerprint density at radius 3 is 2.13 bits per heavy atom. The molecule has 4 heteroatoms. The normalized spacial score (nSPS) is 11.6. The van der Waals surface area contributed by atoms with Crippen molar-refractivity contribution in [2.75, 3.05) is 0 Å². The first-order chi connectivity index (χ1) is 14.7. The molecule has 4 nitrogen and oxygen atoms in total. The van der Waals surface area contributed by atoms with Crippen LogP contribution in [0, 0.1) is 10.1 Å². The number of hydrogen-bond acceptors (Lipinski definition) is 3. The van der Waals surface area contributed by atoms with Gasteiger partial charge in [0.15, 0.2) is 0 Å².